The van der Waals surface area contributed by atoms with Crippen molar-refractivity contribution < 1.29 is 14.3 Å². The van der Waals surface area contributed by atoms with Gasteiger partial charge < -0.3 is 14.4 Å². The molecule has 1 heterocycles. The first kappa shape index (κ1) is 17.3. The van der Waals surface area contributed by atoms with Gasteiger partial charge in [0.05, 0.1) is 25.9 Å². The van der Waals surface area contributed by atoms with Crippen LogP contribution in [0.5, 0.6) is 0 Å². The van der Waals surface area contributed by atoms with Gasteiger partial charge in [0.2, 0.25) is 0 Å². The number of carbonyl (C=O) groups is 1. The molecule has 0 aromatic heterocycles. The number of carbonyl (C=O) groups excluding carboxylic acids is 1. The van der Waals surface area contributed by atoms with E-state index in [2.05, 4.69) is 30.3 Å². The number of nitrogens with zero attached hydrogens (tertiary/aromatic N) is 1. The SMILES string of the molecule is COC(=O)N1CCCCC1COC1CCC(c2ccccc2)CC1. The Labute approximate surface area is 145 Å². The number of hydrogen-bond acceptors (Lipinski definition) is 3. The van der Waals surface area contributed by atoms with Crippen LogP contribution in [0.15, 0.2) is 30.3 Å². The Balaban J connectivity index is 1.45. The zero-order valence-electron chi connectivity index (χ0n) is 14.7. The van der Waals surface area contributed by atoms with Crippen molar-refractivity contribution in [2.45, 2.75) is 63.0 Å². The molecule has 1 aliphatic carbocycles. The van der Waals surface area contributed by atoms with Crippen LogP contribution >= 0.6 is 0 Å². The highest BCUT2D eigenvalue weighted by molar-refractivity contribution is 5.67. The van der Waals surface area contributed by atoms with Crippen molar-refractivity contribution in [3.63, 3.8) is 0 Å². The molecule has 0 radical (unpaired) electrons. The van der Waals surface area contributed by atoms with E-state index in [1.54, 1.807) is 0 Å². The van der Waals surface area contributed by atoms with Crippen LogP contribution in [0.25, 0.3) is 0 Å². The maximum Gasteiger partial charge on any atom is 0.409 e. The topological polar surface area (TPSA) is 38.8 Å². The lowest BCUT2D eigenvalue weighted by Crippen LogP contribution is -2.46. The van der Waals surface area contributed by atoms with Crippen LogP contribution in [0, 0.1) is 0 Å². The fourth-order valence-electron chi connectivity index (χ4n) is 4.07. The minimum Gasteiger partial charge on any atom is -0.453 e. The number of amides is 1. The van der Waals surface area contributed by atoms with Crippen molar-refractivity contribution in [2.75, 3.05) is 20.3 Å². The Kier molecular flexibility index (Phi) is 6.13. The van der Waals surface area contributed by atoms with Gasteiger partial charge in [-0.1, -0.05) is 30.3 Å². The summed E-state index contributed by atoms with van der Waals surface area (Å²) in [6.07, 6.45) is 8.00. The van der Waals surface area contributed by atoms with Crippen molar-refractivity contribution in [3.8, 4) is 0 Å². The van der Waals surface area contributed by atoms with E-state index in [0.29, 0.717) is 18.6 Å². The third kappa shape index (κ3) is 4.29. The van der Waals surface area contributed by atoms with E-state index in [4.69, 9.17) is 9.47 Å². The molecule has 2 aliphatic rings. The van der Waals surface area contributed by atoms with Crippen LogP contribution < -0.4 is 0 Å². The standard InChI is InChI=1S/C20H29NO3/c1-23-20(22)21-14-6-5-9-18(21)15-24-19-12-10-17(11-13-19)16-7-3-2-4-8-16/h2-4,7-8,17-19H,5-6,9-15H2,1H3. The van der Waals surface area contributed by atoms with Crippen LogP contribution in [0.1, 0.15) is 56.4 Å². The fourth-order valence-corrected chi connectivity index (χ4v) is 4.07. The molecule has 0 spiro atoms. The molecule has 4 heteroatoms. The molecule has 1 unspecified atom stereocenters. The largest absolute Gasteiger partial charge is 0.453 e. The Hall–Kier alpha value is -1.55. The van der Waals surface area contributed by atoms with E-state index in [0.717, 1.165) is 32.2 Å². The van der Waals surface area contributed by atoms with E-state index >= 15 is 0 Å². The Morgan fingerprint density at radius 1 is 1.08 bits per heavy atom. The summed E-state index contributed by atoms with van der Waals surface area (Å²) in [7, 11) is 1.46. The predicted molar refractivity (Wildman–Crippen MR) is 94.1 cm³/mol. The summed E-state index contributed by atoms with van der Waals surface area (Å²) in [6, 6.07) is 11.0. The van der Waals surface area contributed by atoms with E-state index < -0.39 is 0 Å². The summed E-state index contributed by atoms with van der Waals surface area (Å²) in [5.41, 5.74) is 1.46. The Morgan fingerprint density at radius 3 is 2.54 bits per heavy atom. The van der Waals surface area contributed by atoms with Gasteiger partial charge in [-0.15, -0.1) is 0 Å². The van der Waals surface area contributed by atoms with Crippen molar-refractivity contribution in [1.29, 1.82) is 0 Å². The van der Waals surface area contributed by atoms with Gasteiger partial charge in [0.25, 0.3) is 0 Å². The van der Waals surface area contributed by atoms with Crippen molar-refractivity contribution >= 4 is 6.09 Å². The maximum atomic E-state index is 11.9. The molecular weight excluding hydrogens is 302 g/mol. The van der Waals surface area contributed by atoms with Gasteiger partial charge in [-0.2, -0.15) is 0 Å². The maximum absolute atomic E-state index is 11.9. The Morgan fingerprint density at radius 2 is 1.83 bits per heavy atom. The number of piperidine rings is 1. The molecule has 1 amide bonds. The van der Waals surface area contributed by atoms with E-state index in [1.165, 1.54) is 31.9 Å². The minimum atomic E-state index is -0.212. The molecule has 24 heavy (non-hydrogen) atoms. The highest BCUT2D eigenvalue weighted by Gasteiger charge is 2.29. The summed E-state index contributed by atoms with van der Waals surface area (Å²) in [4.78, 5) is 13.7. The summed E-state index contributed by atoms with van der Waals surface area (Å²) >= 11 is 0. The molecule has 1 aromatic rings. The Bertz CT molecular complexity index is 511. The minimum absolute atomic E-state index is 0.179. The molecule has 1 aliphatic heterocycles. The lowest BCUT2D eigenvalue weighted by atomic mass is 9.83. The number of ether oxygens (including phenoxy) is 2. The average Bonchev–Trinajstić information content (AvgIpc) is 2.67. The number of rotatable bonds is 4. The van der Waals surface area contributed by atoms with Gasteiger partial charge in [-0.05, 0) is 56.4 Å². The monoisotopic (exact) mass is 331 g/mol. The normalized spacial score (nSPS) is 27.7. The number of benzene rings is 1. The van der Waals surface area contributed by atoms with Gasteiger partial charge in [0, 0.05) is 6.54 Å². The first-order valence-corrected chi connectivity index (χ1v) is 9.29. The summed E-state index contributed by atoms with van der Waals surface area (Å²) in [5, 5.41) is 0. The molecule has 1 aromatic carbocycles. The molecule has 2 fully saturated rings. The zero-order chi connectivity index (χ0) is 16.8. The third-order valence-electron chi connectivity index (χ3n) is 5.51. The molecule has 3 rings (SSSR count). The summed E-state index contributed by atoms with van der Waals surface area (Å²) in [6.45, 7) is 1.44. The third-order valence-corrected chi connectivity index (χ3v) is 5.51. The van der Waals surface area contributed by atoms with Gasteiger partial charge in [0.1, 0.15) is 0 Å². The molecule has 0 N–H and O–H groups in total. The molecule has 1 atom stereocenters. The van der Waals surface area contributed by atoms with E-state index in [9.17, 15) is 4.79 Å². The molecule has 0 bridgehead atoms. The highest BCUT2D eigenvalue weighted by Crippen LogP contribution is 2.34. The second-order valence-corrected chi connectivity index (χ2v) is 7.03. The van der Waals surface area contributed by atoms with E-state index in [-0.39, 0.29) is 12.1 Å². The second kappa shape index (κ2) is 8.52. The second-order valence-electron chi connectivity index (χ2n) is 7.03. The quantitative estimate of drug-likeness (QED) is 0.823. The molecule has 4 nitrogen and oxygen atoms in total. The van der Waals surface area contributed by atoms with Crippen LogP contribution in [0.3, 0.4) is 0 Å². The molecule has 1 saturated carbocycles. The first-order valence-electron chi connectivity index (χ1n) is 9.29. The predicted octanol–water partition coefficient (Wildman–Crippen LogP) is 4.35. The van der Waals surface area contributed by atoms with Gasteiger partial charge in [-0.3, -0.25) is 0 Å². The van der Waals surface area contributed by atoms with Gasteiger partial charge in [-0.25, -0.2) is 4.79 Å². The van der Waals surface area contributed by atoms with Gasteiger partial charge in [0.15, 0.2) is 0 Å². The number of likely N-dealkylation sites (tertiary alicyclic amines) is 1. The molecule has 1 saturated heterocycles. The van der Waals surface area contributed by atoms with Crippen LogP contribution in [0.2, 0.25) is 0 Å². The van der Waals surface area contributed by atoms with Gasteiger partial charge >= 0.3 is 6.09 Å². The number of methoxy groups -OCH3 is 1. The fraction of sp³-hybridized carbons (Fsp3) is 0.650. The van der Waals surface area contributed by atoms with E-state index in [1.807, 2.05) is 4.90 Å². The number of hydrogen-bond donors (Lipinski definition) is 0. The highest BCUT2D eigenvalue weighted by atomic mass is 16.5. The smallest absolute Gasteiger partial charge is 0.409 e. The summed E-state index contributed by atoms with van der Waals surface area (Å²) < 4.78 is 11.1. The van der Waals surface area contributed by atoms with Crippen LogP contribution in [-0.2, 0) is 9.47 Å². The molecular formula is C20H29NO3. The van der Waals surface area contributed by atoms with Crippen LogP contribution in [-0.4, -0.2) is 43.4 Å². The van der Waals surface area contributed by atoms with Crippen molar-refractivity contribution in [2.24, 2.45) is 0 Å². The average molecular weight is 331 g/mol. The zero-order valence-corrected chi connectivity index (χ0v) is 14.7. The first-order chi connectivity index (χ1) is 11.8. The molecule has 132 valence electrons. The van der Waals surface area contributed by atoms with Crippen LogP contribution in [0.4, 0.5) is 4.79 Å². The lowest BCUT2D eigenvalue weighted by molar-refractivity contribution is -0.0180. The van der Waals surface area contributed by atoms with Crippen molar-refractivity contribution in [3.05, 3.63) is 35.9 Å². The van der Waals surface area contributed by atoms with Crippen molar-refractivity contribution in [1.82, 2.24) is 4.90 Å². The lowest BCUT2D eigenvalue weighted by Gasteiger charge is -2.36. The summed E-state index contributed by atoms with van der Waals surface area (Å²) in [5.74, 6) is 0.673.